The number of methoxy groups -OCH3 is 1. The van der Waals surface area contributed by atoms with Crippen LogP contribution in [0.5, 0.6) is 5.19 Å². The molecular weight excluding hydrogens is 612 g/mol. The van der Waals surface area contributed by atoms with E-state index >= 15 is 0 Å². The number of anilines is 1. The monoisotopic (exact) mass is 670 g/mol. The molecule has 7 nitrogen and oxygen atoms in total. The summed E-state index contributed by atoms with van der Waals surface area (Å²) in [6.45, 7) is 25.1. The normalized spacial score (nSPS) is 12.0. The summed E-state index contributed by atoms with van der Waals surface area (Å²) < 4.78 is 24.9. The number of halogens is 1. The van der Waals surface area contributed by atoms with Gasteiger partial charge in [-0.2, -0.15) is 0 Å². The van der Waals surface area contributed by atoms with E-state index in [1.165, 1.54) is 25.3 Å². The Hall–Kier alpha value is -4.03. The lowest BCUT2D eigenvalue weighted by Gasteiger charge is -2.14. The Kier molecular flexibility index (Phi) is 30.9. The molecule has 2 aromatic rings. The summed E-state index contributed by atoms with van der Waals surface area (Å²) in [7, 11) is 1.44. The zero-order valence-electron chi connectivity index (χ0n) is 31.0. The SMILES string of the molecule is C#C.C/C=C\C=C(\OC)C(=CF)c1cc(C)ncc1C(=O)Nc1nnc(OCC/C=C\C(C)=C/C)s1.CC.CC.CCC(C)C(C)C. The van der Waals surface area contributed by atoms with Crippen molar-refractivity contribution in [3.05, 3.63) is 83.2 Å². The number of aryl methyl sites for hydroxylation is 1. The van der Waals surface area contributed by atoms with Gasteiger partial charge in [0.1, 0.15) is 5.76 Å². The highest BCUT2D eigenvalue weighted by Gasteiger charge is 2.20. The molecule has 47 heavy (non-hydrogen) atoms. The van der Waals surface area contributed by atoms with Gasteiger partial charge in [-0.25, -0.2) is 4.39 Å². The number of pyridine rings is 1. The van der Waals surface area contributed by atoms with Crippen molar-refractivity contribution in [2.75, 3.05) is 19.0 Å². The Morgan fingerprint density at radius 3 is 2.23 bits per heavy atom. The number of amides is 1. The third kappa shape index (κ3) is 20.0. The van der Waals surface area contributed by atoms with Gasteiger partial charge in [-0.15, -0.1) is 17.9 Å². The predicted molar refractivity (Wildman–Crippen MR) is 201 cm³/mol. The van der Waals surface area contributed by atoms with E-state index in [1.54, 1.807) is 31.2 Å². The van der Waals surface area contributed by atoms with E-state index in [4.69, 9.17) is 9.47 Å². The molecule has 0 aromatic carbocycles. The maximum Gasteiger partial charge on any atom is 0.295 e. The van der Waals surface area contributed by atoms with Crippen molar-refractivity contribution in [2.45, 2.75) is 95.9 Å². The number of nitrogens with one attached hydrogen (secondary N) is 1. The molecule has 0 saturated heterocycles. The number of carbonyl (C=O) groups is 1. The summed E-state index contributed by atoms with van der Waals surface area (Å²) in [6.07, 6.45) is 23.0. The van der Waals surface area contributed by atoms with Gasteiger partial charge in [0.25, 0.3) is 11.1 Å². The lowest BCUT2D eigenvalue weighted by atomic mass is 9.96. The molecule has 0 aliphatic carbocycles. The third-order valence-corrected chi connectivity index (χ3v) is 7.12. The van der Waals surface area contributed by atoms with Gasteiger partial charge >= 0.3 is 0 Å². The van der Waals surface area contributed by atoms with Crippen molar-refractivity contribution < 1.29 is 18.7 Å². The zero-order valence-corrected chi connectivity index (χ0v) is 31.8. The van der Waals surface area contributed by atoms with Crippen molar-refractivity contribution in [3.8, 4) is 18.0 Å². The van der Waals surface area contributed by atoms with Crippen LogP contribution in [0.3, 0.4) is 0 Å². The predicted octanol–water partition coefficient (Wildman–Crippen LogP) is 11.2. The van der Waals surface area contributed by atoms with Crippen LogP contribution < -0.4 is 10.1 Å². The Labute approximate surface area is 289 Å². The molecule has 1 unspecified atom stereocenters. The number of terminal acetylenes is 1. The first-order valence-electron chi connectivity index (χ1n) is 16.2. The van der Waals surface area contributed by atoms with Gasteiger partial charge in [0.15, 0.2) is 0 Å². The zero-order chi connectivity index (χ0) is 36.8. The first-order chi connectivity index (χ1) is 22.6. The van der Waals surface area contributed by atoms with Crippen LogP contribution >= 0.6 is 11.3 Å². The fraction of sp³-hybridized carbons (Fsp3) is 0.474. The minimum Gasteiger partial charge on any atom is -0.496 e. The van der Waals surface area contributed by atoms with E-state index in [0.717, 1.165) is 23.2 Å². The molecule has 0 saturated carbocycles. The molecule has 2 rings (SSSR count). The summed E-state index contributed by atoms with van der Waals surface area (Å²) in [6, 6.07) is 1.63. The van der Waals surface area contributed by atoms with E-state index in [1.807, 2.05) is 66.7 Å². The van der Waals surface area contributed by atoms with Crippen LogP contribution in [0.2, 0.25) is 0 Å². The van der Waals surface area contributed by atoms with E-state index in [9.17, 15) is 9.18 Å². The molecule has 0 fully saturated rings. The molecule has 1 amide bonds. The van der Waals surface area contributed by atoms with Crippen molar-refractivity contribution in [3.63, 3.8) is 0 Å². The molecule has 1 N–H and O–H groups in total. The summed E-state index contributed by atoms with van der Waals surface area (Å²) >= 11 is 1.10. The van der Waals surface area contributed by atoms with Crippen LogP contribution in [0.25, 0.3) is 5.57 Å². The molecular formula is C38H59FN4O3S. The number of allylic oxidation sites excluding steroid dienone is 7. The minimum absolute atomic E-state index is 0.124. The van der Waals surface area contributed by atoms with E-state index < -0.39 is 5.91 Å². The minimum atomic E-state index is -0.504. The molecule has 0 spiro atoms. The number of ether oxygens (including phenoxy) is 2. The molecule has 262 valence electrons. The number of hydrogen-bond donors (Lipinski definition) is 1. The number of nitrogens with zero attached hydrogens (tertiary/aromatic N) is 3. The van der Waals surface area contributed by atoms with E-state index in [-0.39, 0.29) is 22.0 Å². The summed E-state index contributed by atoms with van der Waals surface area (Å²) in [4.78, 5) is 17.2. The van der Waals surface area contributed by atoms with Gasteiger partial charge < -0.3 is 9.47 Å². The second-order valence-corrected chi connectivity index (χ2v) is 10.6. The van der Waals surface area contributed by atoms with Crippen molar-refractivity contribution in [2.24, 2.45) is 11.8 Å². The topological polar surface area (TPSA) is 86.2 Å². The van der Waals surface area contributed by atoms with Gasteiger partial charge in [0.2, 0.25) is 5.13 Å². The molecule has 2 aromatic heterocycles. The number of hydrogen-bond acceptors (Lipinski definition) is 7. The highest BCUT2D eigenvalue weighted by molar-refractivity contribution is 7.17. The maximum absolute atomic E-state index is 13.9. The summed E-state index contributed by atoms with van der Waals surface area (Å²) in [5.74, 6) is 1.53. The van der Waals surface area contributed by atoms with Gasteiger partial charge in [-0.05, 0) is 69.4 Å². The van der Waals surface area contributed by atoms with E-state index in [2.05, 4.69) is 61.0 Å². The van der Waals surface area contributed by atoms with Crippen LogP contribution in [-0.4, -0.2) is 34.8 Å². The van der Waals surface area contributed by atoms with Crippen molar-refractivity contribution in [1.29, 1.82) is 0 Å². The summed E-state index contributed by atoms with van der Waals surface area (Å²) in [5, 5.41) is 11.2. The highest BCUT2D eigenvalue weighted by Crippen LogP contribution is 2.29. The average molecular weight is 671 g/mol. The van der Waals surface area contributed by atoms with Crippen LogP contribution in [0.4, 0.5) is 9.52 Å². The largest absolute Gasteiger partial charge is 0.496 e. The fourth-order valence-electron chi connectivity index (χ4n) is 3.19. The smallest absolute Gasteiger partial charge is 0.295 e. The van der Waals surface area contributed by atoms with Gasteiger partial charge in [-0.3, -0.25) is 15.1 Å². The Morgan fingerprint density at radius 1 is 1.11 bits per heavy atom. The quantitative estimate of drug-likeness (QED) is 0.0988. The maximum atomic E-state index is 13.9. The van der Waals surface area contributed by atoms with Crippen LogP contribution in [0, 0.1) is 31.6 Å². The molecule has 0 radical (unpaired) electrons. The third-order valence-electron chi connectivity index (χ3n) is 6.37. The summed E-state index contributed by atoms with van der Waals surface area (Å²) in [5.41, 5.74) is 2.43. The lowest BCUT2D eigenvalue weighted by molar-refractivity contribution is 0.102. The lowest BCUT2D eigenvalue weighted by Crippen LogP contribution is -2.15. The van der Waals surface area contributed by atoms with Crippen molar-refractivity contribution in [1.82, 2.24) is 15.2 Å². The fourth-order valence-corrected chi connectivity index (χ4v) is 3.81. The first-order valence-corrected chi connectivity index (χ1v) is 17.0. The van der Waals surface area contributed by atoms with Gasteiger partial charge in [0, 0.05) is 17.5 Å². The Morgan fingerprint density at radius 2 is 1.74 bits per heavy atom. The Balaban J connectivity index is -0.00000128. The molecule has 2 heterocycles. The van der Waals surface area contributed by atoms with Crippen LogP contribution in [0.15, 0.2) is 66.4 Å². The Bertz CT molecular complexity index is 1290. The highest BCUT2D eigenvalue weighted by atomic mass is 32.1. The second-order valence-electron chi connectivity index (χ2n) is 9.68. The molecule has 9 heteroatoms. The number of aromatic nitrogens is 3. The second kappa shape index (κ2) is 30.6. The molecule has 0 aliphatic heterocycles. The van der Waals surface area contributed by atoms with Crippen molar-refractivity contribution >= 4 is 27.9 Å². The molecule has 1 atom stereocenters. The van der Waals surface area contributed by atoms with E-state index in [0.29, 0.717) is 35.8 Å². The average Bonchev–Trinajstić information content (AvgIpc) is 3.55. The standard InChI is InChI=1S/C25H29FN4O3S.C7H16.2C2H6.C2H2/c1-6-8-12-22(32-5)20(15-26)19-14-18(4)27-16-21(19)23(31)28-24-29-30-25(34-24)33-13-10-9-11-17(3)7-2;1-5-7(4)6(2)3;3*1-2/h6-9,11-12,14-16H,10,13H2,1-5H3,(H,28,29,31);6-7H,5H2,1-4H3;2*1-2H3;1-2H/b8-6-,11-9-,17-7-,20-15?,22-12+;;;;. The van der Waals surface area contributed by atoms with Crippen LogP contribution in [0.1, 0.15) is 111 Å². The molecule has 0 aliphatic rings. The first kappa shape index (κ1) is 47.4. The number of carbonyl (C=O) groups excluding carboxylic acids is 1. The number of rotatable bonds is 13. The molecule has 0 bridgehead atoms. The van der Waals surface area contributed by atoms with Crippen LogP contribution in [-0.2, 0) is 4.74 Å². The van der Waals surface area contributed by atoms with Gasteiger partial charge in [-0.1, -0.05) is 103 Å². The van der Waals surface area contributed by atoms with Gasteiger partial charge in [0.05, 0.1) is 31.2 Å².